The van der Waals surface area contributed by atoms with Gasteiger partial charge < -0.3 is 4.42 Å². The highest BCUT2D eigenvalue weighted by molar-refractivity contribution is 7.89. The maximum absolute atomic E-state index is 12.5. The molecule has 18 heavy (non-hydrogen) atoms. The summed E-state index contributed by atoms with van der Waals surface area (Å²) in [7, 11) is -3.42. The minimum Gasteiger partial charge on any atom is -0.465 e. The third-order valence-corrected chi connectivity index (χ3v) is 5.44. The second kappa shape index (κ2) is 4.55. The minimum atomic E-state index is -3.42. The van der Waals surface area contributed by atoms with E-state index < -0.39 is 10.0 Å². The van der Waals surface area contributed by atoms with Gasteiger partial charge in [-0.1, -0.05) is 11.1 Å². The smallest absolute Gasteiger partial charge is 0.246 e. The van der Waals surface area contributed by atoms with Crippen molar-refractivity contribution >= 4 is 10.0 Å². The van der Waals surface area contributed by atoms with E-state index in [1.807, 2.05) is 6.92 Å². The molecule has 100 valence electrons. The van der Waals surface area contributed by atoms with Gasteiger partial charge in [0.15, 0.2) is 0 Å². The van der Waals surface area contributed by atoms with Crippen molar-refractivity contribution in [1.29, 1.82) is 0 Å². The zero-order valence-electron chi connectivity index (χ0n) is 11.3. The number of hydrogen-bond donors (Lipinski definition) is 0. The molecule has 0 saturated heterocycles. The second-order valence-corrected chi connectivity index (χ2v) is 6.83. The zero-order chi connectivity index (χ0) is 13.5. The summed E-state index contributed by atoms with van der Waals surface area (Å²) in [6.45, 7) is 8.54. The summed E-state index contributed by atoms with van der Waals surface area (Å²) in [5, 5.41) is 0. The van der Waals surface area contributed by atoms with Gasteiger partial charge in [0.2, 0.25) is 10.0 Å². The van der Waals surface area contributed by atoms with Gasteiger partial charge in [0.05, 0.1) is 0 Å². The molecular weight excluding hydrogens is 250 g/mol. The lowest BCUT2D eigenvalue weighted by atomic mass is 10.1. The lowest BCUT2D eigenvalue weighted by Gasteiger charge is -2.27. The van der Waals surface area contributed by atoms with Gasteiger partial charge in [-0.2, -0.15) is 4.31 Å². The first-order valence-corrected chi connectivity index (χ1v) is 7.49. The van der Waals surface area contributed by atoms with Crippen LogP contribution in [0.25, 0.3) is 0 Å². The molecule has 0 bridgehead atoms. The van der Waals surface area contributed by atoms with Gasteiger partial charge in [0.1, 0.15) is 16.4 Å². The Morgan fingerprint density at radius 1 is 1.17 bits per heavy atom. The summed E-state index contributed by atoms with van der Waals surface area (Å²) >= 11 is 0. The van der Waals surface area contributed by atoms with Crippen molar-refractivity contribution in [3.8, 4) is 0 Å². The number of aryl methyl sites for hydroxylation is 2. The minimum absolute atomic E-state index is 0.298. The van der Waals surface area contributed by atoms with Crippen LogP contribution in [0.4, 0.5) is 0 Å². The molecule has 0 unspecified atom stereocenters. The lowest BCUT2D eigenvalue weighted by Crippen LogP contribution is -2.36. The number of nitrogens with zero attached hydrogens (tertiary/aromatic N) is 1. The van der Waals surface area contributed by atoms with Gasteiger partial charge in [-0.15, -0.1) is 0 Å². The third kappa shape index (κ3) is 2.24. The topological polar surface area (TPSA) is 50.5 Å². The maximum atomic E-state index is 12.5. The standard InChI is InChI=1S/C13H19NO3S/c1-9-5-6-14(8-10(9)2)18(15,16)13-7-11(3)17-12(13)4/h7H,5-6,8H2,1-4H3. The molecule has 0 fully saturated rings. The molecule has 0 radical (unpaired) electrons. The van der Waals surface area contributed by atoms with E-state index in [1.165, 1.54) is 9.88 Å². The quantitative estimate of drug-likeness (QED) is 0.775. The Labute approximate surface area is 108 Å². The van der Waals surface area contributed by atoms with Crippen LogP contribution in [0.2, 0.25) is 0 Å². The van der Waals surface area contributed by atoms with E-state index in [-0.39, 0.29) is 0 Å². The number of hydrogen-bond acceptors (Lipinski definition) is 3. The first-order valence-electron chi connectivity index (χ1n) is 6.05. The molecule has 1 aromatic heterocycles. The summed E-state index contributed by atoms with van der Waals surface area (Å²) in [5.41, 5.74) is 2.43. The monoisotopic (exact) mass is 269 g/mol. The molecule has 0 amide bonds. The molecule has 5 heteroatoms. The molecule has 1 aliphatic rings. The average Bonchev–Trinajstić information content (AvgIpc) is 2.62. The third-order valence-electron chi connectivity index (χ3n) is 3.49. The van der Waals surface area contributed by atoms with Gasteiger partial charge in [0.25, 0.3) is 0 Å². The van der Waals surface area contributed by atoms with Crippen molar-refractivity contribution in [2.45, 2.75) is 39.0 Å². The molecule has 0 spiro atoms. The molecule has 0 N–H and O–H groups in total. The van der Waals surface area contributed by atoms with Crippen LogP contribution in [-0.2, 0) is 10.0 Å². The molecule has 2 heterocycles. The molecule has 4 nitrogen and oxygen atoms in total. The van der Waals surface area contributed by atoms with Gasteiger partial charge in [-0.25, -0.2) is 8.42 Å². The van der Waals surface area contributed by atoms with Crippen molar-refractivity contribution < 1.29 is 12.8 Å². The van der Waals surface area contributed by atoms with Crippen LogP contribution in [0.3, 0.4) is 0 Å². The highest BCUT2D eigenvalue weighted by Gasteiger charge is 2.30. The normalized spacial score (nSPS) is 18.4. The van der Waals surface area contributed by atoms with E-state index in [9.17, 15) is 8.42 Å². The lowest BCUT2D eigenvalue weighted by molar-refractivity contribution is 0.418. The molecule has 1 aliphatic heterocycles. The summed E-state index contributed by atoms with van der Waals surface area (Å²) in [4.78, 5) is 0.298. The van der Waals surface area contributed by atoms with Crippen LogP contribution in [0.5, 0.6) is 0 Å². The van der Waals surface area contributed by atoms with E-state index in [1.54, 1.807) is 19.9 Å². The van der Waals surface area contributed by atoms with Gasteiger partial charge in [0, 0.05) is 13.1 Å². The van der Waals surface area contributed by atoms with E-state index >= 15 is 0 Å². The Bertz CT molecular complexity index is 596. The van der Waals surface area contributed by atoms with Crippen molar-refractivity contribution in [3.63, 3.8) is 0 Å². The van der Waals surface area contributed by atoms with E-state index in [0.29, 0.717) is 29.5 Å². The number of sulfonamides is 1. The van der Waals surface area contributed by atoms with Crippen molar-refractivity contribution in [2.24, 2.45) is 0 Å². The Morgan fingerprint density at radius 2 is 1.83 bits per heavy atom. The maximum Gasteiger partial charge on any atom is 0.246 e. The molecule has 0 aromatic carbocycles. The van der Waals surface area contributed by atoms with Crippen molar-refractivity contribution in [1.82, 2.24) is 4.31 Å². The largest absolute Gasteiger partial charge is 0.465 e. The van der Waals surface area contributed by atoms with Crippen LogP contribution in [-0.4, -0.2) is 25.8 Å². The Hall–Kier alpha value is -1.07. The van der Waals surface area contributed by atoms with Crippen LogP contribution < -0.4 is 0 Å². The number of rotatable bonds is 2. The second-order valence-electron chi connectivity index (χ2n) is 4.93. The summed E-state index contributed by atoms with van der Waals surface area (Å²) in [6.07, 6.45) is 0.806. The molecule has 0 saturated carbocycles. The molecule has 0 atom stereocenters. The van der Waals surface area contributed by atoms with Crippen molar-refractivity contribution in [3.05, 3.63) is 28.7 Å². The van der Waals surface area contributed by atoms with Crippen molar-refractivity contribution in [2.75, 3.05) is 13.1 Å². The highest BCUT2D eigenvalue weighted by atomic mass is 32.2. The Morgan fingerprint density at radius 3 is 2.33 bits per heavy atom. The molecule has 2 rings (SSSR count). The van der Waals surface area contributed by atoms with Crippen LogP contribution >= 0.6 is 0 Å². The molecular formula is C13H19NO3S. The predicted octanol–water partition coefficient (Wildman–Crippen LogP) is 2.63. The molecule has 1 aromatic rings. The first kappa shape index (κ1) is 13.4. The fourth-order valence-corrected chi connectivity index (χ4v) is 3.89. The van der Waals surface area contributed by atoms with Gasteiger partial charge in [-0.05, 0) is 40.2 Å². The summed E-state index contributed by atoms with van der Waals surface area (Å²) in [5.74, 6) is 1.10. The van der Waals surface area contributed by atoms with Crippen LogP contribution in [0.15, 0.2) is 26.5 Å². The summed E-state index contributed by atoms with van der Waals surface area (Å²) < 4.78 is 31.9. The van der Waals surface area contributed by atoms with E-state index in [0.717, 1.165) is 12.0 Å². The molecule has 0 aliphatic carbocycles. The first-order chi connectivity index (χ1) is 8.32. The van der Waals surface area contributed by atoms with Crippen LogP contribution in [0, 0.1) is 13.8 Å². The Kier molecular flexibility index (Phi) is 3.38. The fourth-order valence-electron chi connectivity index (χ4n) is 2.19. The summed E-state index contributed by atoms with van der Waals surface area (Å²) in [6, 6.07) is 1.60. The highest BCUT2D eigenvalue weighted by Crippen LogP contribution is 2.27. The SMILES string of the molecule is CC1=C(C)CN(S(=O)(=O)c2cc(C)oc2C)CC1. The van der Waals surface area contributed by atoms with Gasteiger partial charge >= 0.3 is 0 Å². The van der Waals surface area contributed by atoms with Crippen LogP contribution in [0.1, 0.15) is 31.8 Å². The average molecular weight is 269 g/mol. The Balaban J connectivity index is 2.36. The predicted molar refractivity (Wildman–Crippen MR) is 69.9 cm³/mol. The fraction of sp³-hybridized carbons (Fsp3) is 0.538. The van der Waals surface area contributed by atoms with E-state index in [2.05, 4.69) is 6.92 Å². The number of furan rings is 1. The zero-order valence-corrected chi connectivity index (χ0v) is 12.1. The van der Waals surface area contributed by atoms with E-state index in [4.69, 9.17) is 4.42 Å². The van der Waals surface area contributed by atoms with Gasteiger partial charge in [-0.3, -0.25) is 0 Å².